The molecule has 0 spiro atoms. The van der Waals surface area contributed by atoms with E-state index < -0.39 is 12.0 Å². The first-order valence-corrected chi connectivity index (χ1v) is 8.01. The molecule has 0 saturated heterocycles. The molecule has 2 aromatic carbocycles. The number of nitrogens with zero attached hydrogens (tertiary/aromatic N) is 2. The van der Waals surface area contributed by atoms with Crippen molar-refractivity contribution in [2.45, 2.75) is 13.0 Å². The second-order valence-corrected chi connectivity index (χ2v) is 5.67. The molecular formula is C19H18N4O3. The van der Waals surface area contributed by atoms with Gasteiger partial charge >= 0.3 is 0 Å². The lowest BCUT2D eigenvalue weighted by molar-refractivity contribution is -0.129. The van der Waals surface area contributed by atoms with Crippen molar-refractivity contribution in [3.05, 3.63) is 87.8 Å². The molecule has 1 amide bonds. The molecule has 26 heavy (non-hydrogen) atoms. The highest BCUT2D eigenvalue weighted by atomic mass is 16.3. The average molecular weight is 350 g/mol. The number of carbonyl (C=O) groups is 1. The quantitative estimate of drug-likeness (QED) is 0.482. The Morgan fingerprint density at radius 3 is 2.42 bits per heavy atom. The molecule has 0 fully saturated rings. The number of rotatable bonds is 5. The fourth-order valence-corrected chi connectivity index (χ4v) is 2.48. The normalized spacial score (nSPS) is 12.2. The Labute approximate surface area is 149 Å². The number of aromatic amines is 1. The van der Waals surface area contributed by atoms with Crippen molar-refractivity contribution in [3.63, 3.8) is 0 Å². The van der Waals surface area contributed by atoms with Gasteiger partial charge in [0.1, 0.15) is 0 Å². The number of aliphatic hydroxyl groups excluding tert-OH is 1. The number of H-pyrrole nitrogens is 1. The van der Waals surface area contributed by atoms with Crippen LogP contribution < -0.4 is 11.0 Å². The van der Waals surface area contributed by atoms with E-state index >= 15 is 0 Å². The zero-order valence-corrected chi connectivity index (χ0v) is 14.1. The van der Waals surface area contributed by atoms with E-state index in [0.717, 1.165) is 0 Å². The maximum Gasteiger partial charge on any atom is 0.280 e. The Hall–Kier alpha value is -3.45. The summed E-state index contributed by atoms with van der Waals surface area (Å²) in [5.74, 6) is -0.677. The summed E-state index contributed by atoms with van der Waals surface area (Å²) >= 11 is 0. The van der Waals surface area contributed by atoms with Crippen LogP contribution in [0, 0.1) is 6.92 Å². The van der Waals surface area contributed by atoms with Gasteiger partial charge in [-0.1, -0.05) is 48.5 Å². The minimum absolute atomic E-state index is 0.282. The van der Waals surface area contributed by atoms with Gasteiger partial charge in [0.15, 0.2) is 6.10 Å². The molecule has 7 nitrogen and oxygen atoms in total. The van der Waals surface area contributed by atoms with Crippen LogP contribution >= 0.6 is 0 Å². The van der Waals surface area contributed by atoms with Crippen LogP contribution in [0.4, 0.5) is 0 Å². The first kappa shape index (κ1) is 17.4. The molecule has 0 aliphatic carbocycles. The minimum atomic E-state index is -1.33. The van der Waals surface area contributed by atoms with E-state index in [1.54, 1.807) is 49.4 Å². The van der Waals surface area contributed by atoms with Crippen molar-refractivity contribution in [2.24, 2.45) is 5.10 Å². The van der Waals surface area contributed by atoms with Gasteiger partial charge in [-0.2, -0.15) is 5.10 Å². The molecule has 0 saturated carbocycles. The van der Waals surface area contributed by atoms with Crippen LogP contribution in [0.15, 0.2) is 70.6 Å². The van der Waals surface area contributed by atoms with Gasteiger partial charge < -0.3 is 5.11 Å². The summed E-state index contributed by atoms with van der Waals surface area (Å²) in [6.07, 6.45) is -0.0647. The number of aryl methyl sites for hydroxylation is 1. The zero-order valence-electron chi connectivity index (χ0n) is 14.1. The molecule has 1 unspecified atom stereocenters. The number of para-hydroxylation sites is 1. The molecule has 3 rings (SSSR count). The topological polar surface area (TPSA) is 99.5 Å². The largest absolute Gasteiger partial charge is 0.378 e. The van der Waals surface area contributed by atoms with Gasteiger partial charge in [0.2, 0.25) is 0 Å². The first-order chi connectivity index (χ1) is 12.6. The third-order valence-electron chi connectivity index (χ3n) is 3.86. The Kier molecular flexibility index (Phi) is 5.09. The highest BCUT2D eigenvalue weighted by Gasteiger charge is 2.16. The molecule has 0 aliphatic heterocycles. The summed E-state index contributed by atoms with van der Waals surface area (Å²) in [5.41, 5.74) is 4.06. The van der Waals surface area contributed by atoms with Crippen LogP contribution in [0.2, 0.25) is 0 Å². The maximum atomic E-state index is 12.5. The van der Waals surface area contributed by atoms with Gasteiger partial charge in [-0.3, -0.25) is 14.7 Å². The highest BCUT2D eigenvalue weighted by molar-refractivity contribution is 5.85. The number of hydrogen-bond acceptors (Lipinski definition) is 4. The van der Waals surface area contributed by atoms with E-state index in [9.17, 15) is 14.7 Å². The van der Waals surface area contributed by atoms with Gasteiger partial charge in [-0.05, 0) is 24.6 Å². The lowest BCUT2D eigenvalue weighted by Gasteiger charge is -2.08. The lowest BCUT2D eigenvalue weighted by atomic mass is 10.1. The van der Waals surface area contributed by atoms with Crippen LogP contribution in [-0.4, -0.2) is 27.0 Å². The summed E-state index contributed by atoms with van der Waals surface area (Å²) in [4.78, 5) is 24.5. The molecule has 1 atom stereocenters. The molecule has 7 heteroatoms. The monoisotopic (exact) mass is 350 g/mol. The second kappa shape index (κ2) is 7.62. The predicted octanol–water partition coefficient (Wildman–Crippen LogP) is 1.66. The van der Waals surface area contributed by atoms with Crippen molar-refractivity contribution in [3.8, 4) is 5.69 Å². The summed E-state index contributed by atoms with van der Waals surface area (Å²) in [5, 5.41) is 16.8. The van der Waals surface area contributed by atoms with E-state index in [1.807, 2.05) is 18.2 Å². The van der Waals surface area contributed by atoms with E-state index in [4.69, 9.17) is 0 Å². The minimum Gasteiger partial charge on any atom is -0.378 e. The third-order valence-corrected chi connectivity index (χ3v) is 3.86. The average Bonchev–Trinajstić information content (AvgIpc) is 2.97. The van der Waals surface area contributed by atoms with E-state index in [0.29, 0.717) is 22.5 Å². The smallest absolute Gasteiger partial charge is 0.280 e. The van der Waals surface area contributed by atoms with Crippen molar-refractivity contribution < 1.29 is 9.90 Å². The van der Waals surface area contributed by atoms with Crippen LogP contribution in [-0.2, 0) is 4.79 Å². The van der Waals surface area contributed by atoms with Gasteiger partial charge in [-0.25, -0.2) is 10.1 Å². The molecule has 0 bridgehead atoms. The number of aliphatic hydroxyl groups is 1. The number of hydrazone groups is 1. The Balaban J connectivity index is 1.74. The van der Waals surface area contributed by atoms with Crippen molar-refractivity contribution in [1.29, 1.82) is 0 Å². The van der Waals surface area contributed by atoms with Crippen LogP contribution in [0.25, 0.3) is 5.69 Å². The number of carbonyl (C=O) groups excluding carboxylic acids is 1. The zero-order chi connectivity index (χ0) is 18.5. The Bertz CT molecular complexity index is 975. The van der Waals surface area contributed by atoms with Crippen LogP contribution in [0.5, 0.6) is 0 Å². The molecule has 132 valence electrons. The fraction of sp³-hybridized carbons (Fsp3) is 0.105. The fourth-order valence-electron chi connectivity index (χ4n) is 2.48. The lowest BCUT2D eigenvalue weighted by Crippen LogP contribution is -2.25. The van der Waals surface area contributed by atoms with Gasteiger partial charge in [0, 0.05) is 5.69 Å². The Morgan fingerprint density at radius 2 is 1.77 bits per heavy atom. The highest BCUT2D eigenvalue weighted by Crippen LogP contribution is 2.11. The molecule has 1 heterocycles. The summed E-state index contributed by atoms with van der Waals surface area (Å²) in [7, 11) is 0. The Morgan fingerprint density at radius 1 is 1.15 bits per heavy atom. The van der Waals surface area contributed by atoms with Gasteiger partial charge in [0.05, 0.1) is 17.5 Å². The third kappa shape index (κ3) is 3.62. The molecular weight excluding hydrogens is 332 g/mol. The van der Waals surface area contributed by atoms with Crippen LogP contribution in [0.3, 0.4) is 0 Å². The standard InChI is InChI=1S/C19H18N4O3/c1-13-16(19(26)23(22-13)15-10-6-3-7-11-15)12-20-21-18(25)17(24)14-8-4-2-5-9-14/h2-12,17,22,24H,1H3,(H,21,25)/b20-12+. The van der Waals surface area contributed by atoms with Crippen molar-refractivity contribution >= 4 is 12.1 Å². The molecule has 3 N–H and O–H groups in total. The molecule has 0 radical (unpaired) electrons. The van der Waals surface area contributed by atoms with Gasteiger partial charge in [0.25, 0.3) is 11.5 Å². The summed E-state index contributed by atoms with van der Waals surface area (Å²) in [6.45, 7) is 1.74. The number of amides is 1. The van der Waals surface area contributed by atoms with Gasteiger partial charge in [-0.15, -0.1) is 0 Å². The van der Waals surface area contributed by atoms with Crippen molar-refractivity contribution in [1.82, 2.24) is 15.2 Å². The van der Waals surface area contributed by atoms with Crippen LogP contribution in [0.1, 0.15) is 22.9 Å². The number of benzene rings is 2. The van der Waals surface area contributed by atoms with E-state index in [1.165, 1.54) is 10.9 Å². The predicted molar refractivity (Wildman–Crippen MR) is 98.3 cm³/mol. The summed E-state index contributed by atoms with van der Waals surface area (Å²) < 4.78 is 1.40. The molecule has 1 aromatic heterocycles. The maximum absolute atomic E-state index is 12.5. The number of nitrogens with one attached hydrogen (secondary N) is 2. The molecule has 0 aliphatic rings. The second-order valence-electron chi connectivity index (χ2n) is 5.67. The molecule has 3 aromatic rings. The first-order valence-electron chi connectivity index (χ1n) is 8.01. The van der Waals surface area contributed by atoms with E-state index in [-0.39, 0.29) is 5.56 Å². The van der Waals surface area contributed by atoms with E-state index in [2.05, 4.69) is 15.6 Å². The number of hydrogen-bond donors (Lipinski definition) is 3. The SMILES string of the molecule is Cc1[nH]n(-c2ccccc2)c(=O)c1/C=N/NC(=O)C(O)c1ccccc1. The number of aromatic nitrogens is 2. The summed E-state index contributed by atoms with van der Waals surface area (Å²) in [6, 6.07) is 17.7. The van der Waals surface area contributed by atoms with Crippen molar-refractivity contribution in [2.75, 3.05) is 0 Å².